The molecule has 1 saturated carbocycles. The first-order valence-corrected chi connectivity index (χ1v) is 4.00. The largest absolute Gasteiger partial charge is 0.480 e. The van der Waals surface area contributed by atoms with Crippen molar-refractivity contribution in [2.24, 2.45) is 17.6 Å². The van der Waals surface area contributed by atoms with E-state index in [1.54, 1.807) is 0 Å². The van der Waals surface area contributed by atoms with Gasteiger partial charge in [0, 0.05) is 0 Å². The number of nitrogens with two attached hydrogens (primary N) is 1. The van der Waals surface area contributed by atoms with E-state index in [4.69, 9.17) is 10.8 Å². The van der Waals surface area contributed by atoms with E-state index in [1.165, 1.54) is 0 Å². The van der Waals surface area contributed by atoms with Crippen LogP contribution in [-0.2, 0) is 4.79 Å². The molecule has 0 aliphatic heterocycles. The van der Waals surface area contributed by atoms with Crippen LogP contribution >= 0.6 is 0 Å². The zero-order valence-corrected chi connectivity index (χ0v) is 7.00. The summed E-state index contributed by atoms with van der Waals surface area (Å²) >= 11 is 0. The Balaban J connectivity index is 2.67. The van der Waals surface area contributed by atoms with Crippen molar-refractivity contribution < 1.29 is 9.90 Å². The molecule has 1 fully saturated rings. The number of carboxylic acid groups (broad SMARTS) is 1. The molecule has 0 unspecified atom stereocenters. The molecule has 3 nitrogen and oxygen atoms in total. The van der Waals surface area contributed by atoms with Gasteiger partial charge in [0.25, 0.3) is 0 Å². The molecule has 3 heteroatoms. The number of carbonyl (C=O) groups is 1. The van der Waals surface area contributed by atoms with Gasteiger partial charge in [-0.1, -0.05) is 13.8 Å². The topological polar surface area (TPSA) is 63.3 Å². The van der Waals surface area contributed by atoms with E-state index in [9.17, 15) is 4.79 Å². The molecule has 0 saturated heterocycles. The van der Waals surface area contributed by atoms with Crippen LogP contribution in [0.15, 0.2) is 0 Å². The fraction of sp³-hybridized carbons (Fsp3) is 0.875. The molecule has 1 aliphatic carbocycles. The molecule has 64 valence electrons. The Labute approximate surface area is 66.6 Å². The van der Waals surface area contributed by atoms with Gasteiger partial charge in [-0.2, -0.15) is 0 Å². The Hall–Kier alpha value is -0.570. The Morgan fingerprint density at radius 3 is 2.36 bits per heavy atom. The monoisotopic (exact) mass is 157 g/mol. The third-order valence-corrected chi connectivity index (χ3v) is 2.73. The number of aliphatic carboxylic acids is 1. The van der Waals surface area contributed by atoms with Gasteiger partial charge in [-0.3, -0.25) is 4.79 Å². The number of hydrogen-bond donors (Lipinski definition) is 2. The summed E-state index contributed by atoms with van der Waals surface area (Å²) in [6.45, 7) is 4.04. The first kappa shape index (κ1) is 8.53. The molecule has 2 atom stereocenters. The highest BCUT2D eigenvalue weighted by molar-refractivity contribution is 5.80. The zero-order chi connectivity index (χ0) is 8.65. The van der Waals surface area contributed by atoms with E-state index >= 15 is 0 Å². The summed E-state index contributed by atoms with van der Waals surface area (Å²) in [4.78, 5) is 10.7. The standard InChI is InChI=1S/C8H15NO2/c1-5(2)6-3-4-8(6,9)7(10)11/h5-6H,3-4,9H2,1-2H3,(H,10,11)/t6-,8+/m0/s1. The van der Waals surface area contributed by atoms with Crippen molar-refractivity contribution in [3.05, 3.63) is 0 Å². The smallest absolute Gasteiger partial charge is 0.323 e. The summed E-state index contributed by atoms with van der Waals surface area (Å²) in [6.07, 6.45) is 1.59. The SMILES string of the molecule is CC(C)[C@@H]1CC[C@]1(N)C(=O)O. The molecule has 0 spiro atoms. The lowest BCUT2D eigenvalue weighted by Gasteiger charge is -2.45. The Morgan fingerprint density at radius 1 is 1.73 bits per heavy atom. The molecule has 0 heterocycles. The third-order valence-electron chi connectivity index (χ3n) is 2.73. The molecule has 0 bridgehead atoms. The summed E-state index contributed by atoms with van der Waals surface area (Å²) in [6, 6.07) is 0. The van der Waals surface area contributed by atoms with Crippen LogP contribution in [0, 0.1) is 11.8 Å². The molecule has 0 aromatic rings. The van der Waals surface area contributed by atoms with Gasteiger partial charge in [0.2, 0.25) is 0 Å². The van der Waals surface area contributed by atoms with Crippen LogP contribution in [0.5, 0.6) is 0 Å². The van der Waals surface area contributed by atoms with E-state index in [1.807, 2.05) is 13.8 Å². The van der Waals surface area contributed by atoms with Crippen molar-refractivity contribution in [3.63, 3.8) is 0 Å². The van der Waals surface area contributed by atoms with E-state index < -0.39 is 11.5 Å². The Kier molecular flexibility index (Phi) is 1.92. The molecular weight excluding hydrogens is 142 g/mol. The highest BCUT2D eigenvalue weighted by atomic mass is 16.4. The van der Waals surface area contributed by atoms with Gasteiger partial charge in [-0.25, -0.2) is 0 Å². The third kappa shape index (κ3) is 1.13. The molecular formula is C8H15NO2. The molecule has 0 aromatic carbocycles. The minimum Gasteiger partial charge on any atom is -0.480 e. The fourth-order valence-electron chi connectivity index (χ4n) is 1.82. The van der Waals surface area contributed by atoms with Gasteiger partial charge in [-0.05, 0) is 24.7 Å². The lowest BCUT2D eigenvalue weighted by atomic mass is 9.62. The van der Waals surface area contributed by atoms with Crippen molar-refractivity contribution in [1.82, 2.24) is 0 Å². The van der Waals surface area contributed by atoms with E-state index in [0.29, 0.717) is 12.3 Å². The molecule has 11 heavy (non-hydrogen) atoms. The molecule has 1 rings (SSSR count). The Morgan fingerprint density at radius 2 is 2.27 bits per heavy atom. The highest BCUT2D eigenvalue weighted by Gasteiger charge is 2.50. The van der Waals surface area contributed by atoms with Crippen molar-refractivity contribution in [1.29, 1.82) is 0 Å². The predicted octanol–water partition coefficient (Wildman–Crippen LogP) is 0.834. The first-order chi connectivity index (χ1) is 4.98. The molecule has 0 radical (unpaired) electrons. The van der Waals surface area contributed by atoms with Crippen LogP contribution < -0.4 is 5.73 Å². The normalized spacial score (nSPS) is 36.9. The second kappa shape index (κ2) is 2.48. The lowest BCUT2D eigenvalue weighted by Crippen LogP contribution is -2.62. The number of rotatable bonds is 2. The molecule has 0 aromatic heterocycles. The lowest BCUT2D eigenvalue weighted by molar-refractivity contribution is -0.152. The van der Waals surface area contributed by atoms with Crippen LogP contribution in [-0.4, -0.2) is 16.6 Å². The summed E-state index contributed by atoms with van der Waals surface area (Å²) in [5, 5.41) is 8.79. The van der Waals surface area contributed by atoms with Crippen LogP contribution in [0.2, 0.25) is 0 Å². The average molecular weight is 157 g/mol. The number of carboxylic acids is 1. The highest BCUT2D eigenvalue weighted by Crippen LogP contribution is 2.41. The van der Waals surface area contributed by atoms with Crippen LogP contribution in [0.25, 0.3) is 0 Å². The van der Waals surface area contributed by atoms with E-state index in [2.05, 4.69) is 0 Å². The van der Waals surface area contributed by atoms with Crippen LogP contribution in [0.3, 0.4) is 0 Å². The Bertz CT molecular complexity index is 179. The molecule has 0 amide bonds. The summed E-state index contributed by atoms with van der Waals surface area (Å²) < 4.78 is 0. The van der Waals surface area contributed by atoms with Crippen molar-refractivity contribution in [3.8, 4) is 0 Å². The van der Waals surface area contributed by atoms with Crippen molar-refractivity contribution in [2.45, 2.75) is 32.2 Å². The van der Waals surface area contributed by atoms with Gasteiger partial charge in [0.15, 0.2) is 0 Å². The van der Waals surface area contributed by atoms with Crippen LogP contribution in [0.1, 0.15) is 26.7 Å². The predicted molar refractivity (Wildman–Crippen MR) is 42.1 cm³/mol. The maximum atomic E-state index is 10.7. The number of hydrogen-bond acceptors (Lipinski definition) is 2. The summed E-state index contributed by atoms with van der Waals surface area (Å²) in [5.41, 5.74) is 4.77. The van der Waals surface area contributed by atoms with Gasteiger partial charge < -0.3 is 10.8 Å². The van der Waals surface area contributed by atoms with E-state index in [0.717, 1.165) is 6.42 Å². The zero-order valence-electron chi connectivity index (χ0n) is 7.00. The fourth-order valence-corrected chi connectivity index (χ4v) is 1.82. The van der Waals surface area contributed by atoms with E-state index in [-0.39, 0.29) is 5.92 Å². The van der Waals surface area contributed by atoms with Gasteiger partial charge in [-0.15, -0.1) is 0 Å². The van der Waals surface area contributed by atoms with Crippen molar-refractivity contribution in [2.75, 3.05) is 0 Å². The second-order valence-corrected chi connectivity index (χ2v) is 3.73. The van der Waals surface area contributed by atoms with Crippen LogP contribution in [0.4, 0.5) is 0 Å². The summed E-state index contributed by atoms with van der Waals surface area (Å²) in [7, 11) is 0. The van der Waals surface area contributed by atoms with Crippen molar-refractivity contribution >= 4 is 5.97 Å². The maximum Gasteiger partial charge on any atom is 0.323 e. The minimum absolute atomic E-state index is 0.167. The maximum absolute atomic E-state index is 10.7. The van der Waals surface area contributed by atoms with Gasteiger partial charge in [0.1, 0.15) is 5.54 Å². The summed E-state index contributed by atoms with van der Waals surface area (Å²) in [5.74, 6) is -0.299. The average Bonchev–Trinajstić information content (AvgIpc) is 1.82. The minimum atomic E-state index is -0.922. The van der Waals surface area contributed by atoms with Gasteiger partial charge in [0.05, 0.1) is 0 Å². The van der Waals surface area contributed by atoms with Gasteiger partial charge >= 0.3 is 5.97 Å². The quantitative estimate of drug-likeness (QED) is 0.624. The molecule has 1 aliphatic rings. The first-order valence-electron chi connectivity index (χ1n) is 4.00. The molecule has 3 N–H and O–H groups in total. The second-order valence-electron chi connectivity index (χ2n) is 3.73.